The predicted octanol–water partition coefficient (Wildman–Crippen LogP) is 2.51. The largest absolute Gasteiger partial charge is 0.576 e. The van der Waals surface area contributed by atoms with Gasteiger partial charge in [-0.25, -0.2) is 0 Å². The molecule has 0 radical (unpaired) electrons. The second-order valence-corrected chi connectivity index (χ2v) is 11.4. The van der Waals surface area contributed by atoms with E-state index in [-0.39, 0.29) is 19.6 Å². The van der Waals surface area contributed by atoms with Crippen LogP contribution in [0.2, 0.25) is 0 Å². The number of nitrogens with one attached hydrogen (secondary N) is 1. The highest BCUT2D eigenvalue weighted by Gasteiger charge is 2.59. The average molecular weight is 452 g/mol. The zero-order valence-electron chi connectivity index (χ0n) is 19.1. The van der Waals surface area contributed by atoms with Crippen LogP contribution in [0.5, 0.6) is 0 Å². The number of rotatable bonds is 7. The number of carbonyl (C=O) groups excluding carboxylic acids is 3. The number of hydrogen-bond donors (Lipinski definition) is 2. The van der Waals surface area contributed by atoms with Crippen molar-refractivity contribution in [2.24, 2.45) is 10.8 Å². The van der Waals surface area contributed by atoms with E-state index in [2.05, 4.69) is 5.32 Å². The van der Waals surface area contributed by atoms with E-state index >= 15 is 0 Å². The van der Waals surface area contributed by atoms with Crippen molar-refractivity contribution in [1.82, 2.24) is 5.32 Å². The molecule has 2 atom stereocenters. The Labute approximate surface area is 178 Å². The van der Waals surface area contributed by atoms with E-state index in [0.717, 1.165) is 0 Å². The topological polar surface area (TPSA) is 130 Å². The van der Waals surface area contributed by atoms with E-state index < -0.39 is 55.3 Å². The van der Waals surface area contributed by atoms with Crippen molar-refractivity contribution in [1.29, 1.82) is 0 Å². The van der Waals surface area contributed by atoms with Crippen LogP contribution >= 0.6 is 8.17 Å². The van der Waals surface area contributed by atoms with Gasteiger partial charge in [-0.15, -0.1) is 9.05 Å². The van der Waals surface area contributed by atoms with Gasteiger partial charge in [0.15, 0.2) is 6.10 Å². The lowest BCUT2D eigenvalue weighted by molar-refractivity contribution is -0.165. The summed E-state index contributed by atoms with van der Waals surface area (Å²) in [7, 11) is -3.87. The Hall–Kier alpha value is -1.32. The molecule has 1 saturated heterocycles. The van der Waals surface area contributed by atoms with Gasteiger partial charge < -0.3 is 14.8 Å². The molecule has 174 valence electrons. The van der Waals surface area contributed by atoms with Crippen molar-refractivity contribution in [2.75, 3.05) is 19.9 Å². The van der Waals surface area contributed by atoms with Crippen LogP contribution in [-0.4, -0.2) is 54.4 Å². The second-order valence-electron chi connectivity index (χ2n) is 9.77. The van der Waals surface area contributed by atoms with Gasteiger partial charge in [-0.3, -0.25) is 14.4 Å². The Balaban J connectivity index is 2.61. The van der Waals surface area contributed by atoms with Gasteiger partial charge >= 0.3 is 20.1 Å². The van der Waals surface area contributed by atoms with E-state index in [1.165, 1.54) is 0 Å². The monoisotopic (exact) mass is 452 g/mol. The molecule has 11 heteroatoms. The summed E-state index contributed by atoms with van der Waals surface area (Å²) in [5.74, 6) is -1.49. The second kappa shape index (κ2) is 9.87. The third-order valence-electron chi connectivity index (χ3n) is 3.85. The zero-order valence-corrected chi connectivity index (χ0v) is 20.0. The van der Waals surface area contributed by atoms with E-state index in [0.29, 0.717) is 0 Å². The third kappa shape index (κ3) is 8.81. The summed E-state index contributed by atoms with van der Waals surface area (Å²) in [6, 6.07) is 0. The summed E-state index contributed by atoms with van der Waals surface area (Å²) >= 11 is 0. The van der Waals surface area contributed by atoms with E-state index in [4.69, 9.17) is 23.0 Å². The molecule has 30 heavy (non-hydrogen) atoms. The molecule has 1 rings (SSSR count). The molecular formula is C19H35NO9P+. The van der Waals surface area contributed by atoms with Crippen molar-refractivity contribution < 1.29 is 42.3 Å². The van der Waals surface area contributed by atoms with Crippen LogP contribution in [0.4, 0.5) is 0 Å². The lowest BCUT2D eigenvalue weighted by Crippen LogP contribution is -2.50. The molecule has 0 bridgehead atoms. The number of carbonyl (C=O) groups is 3. The van der Waals surface area contributed by atoms with Gasteiger partial charge in [0, 0.05) is 12.0 Å². The number of esters is 2. The maximum atomic E-state index is 12.6. The Bertz CT molecular complexity index is 639. The molecule has 0 aromatic rings. The van der Waals surface area contributed by atoms with Crippen LogP contribution in [0.3, 0.4) is 0 Å². The minimum atomic E-state index is -3.87. The molecule has 1 aliphatic rings. The van der Waals surface area contributed by atoms with Gasteiger partial charge in [0.1, 0.15) is 12.2 Å². The van der Waals surface area contributed by atoms with Gasteiger partial charge in [0.05, 0.1) is 11.8 Å². The van der Waals surface area contributed by atoms with E-state index in [9.17, 15) is 19.3 Å². The first kappa shape index (κ1) is 26.7. The van der Waals surface area contributed by atoms with Crippen LogP contribution < -0.4 is 5.32 Å². The van der Waals surface area contributed by atoms with Gasteiger partial charge in [-0.2, -0.15) is 9.42 Å². The highest BCUT2D eigenvalue weighted by atomic mass is 31.2. The maximum absolute atomic E-state index is 12.6. The molecule has 2 N–H and O–H groups in total. The van der Waals surface area contributed by atoms with Crippen molar-refractivity contribution in [3.63, 3.8) is 0 Å². The molecule has 1 unspecified atom stereocenters. The molecule has 1 fully saturated rings. The summed E-state index contributed by atoms with van der Waals surface area (Å²) in [5, 5.41) is 2.60. The molecule has 0 spiro atoms. The van der Waals surface area contributed by atoms with Gasteiger partial charge in [-0.05, 0) is 41.5 Å². The highest BCUT2D eigenvalue weighted by molar-refractivity contribution is 7.55. The number of amides is 1. The van der Waals surface area contributed by atoms with Crippen LogP contribution in [0.15, 0.2) is 0 Å². The summed E-state index contributed by atoms with van der Waals surface area (Å²) < 4.78 is 26.0. The normalized spacial score (nSPS) is 24.1. The lowest BCUT2D eigenvalue weighted by atomic mass is 9.87. The minimum absolute atomic E-state index is 0.00861. The van der Waals surface area contributed by atoms with E-state index in [1.807, 2.05) is 0 Å². The molecule has 1 amide bonds. The number of hydrogen-bond acceptors (Lipinski definition) is 9. The van der Waals surface area contributed by atoms with Crippen molar-refractivity contribution in [3.8, 4) is 0 Å². The Morgan fingerprint density at radius 3 is 2.30 bits per heavy atom. The van der Waals surface area contributed by atoms with Crippen molar-refractivity contribution in [3.05, 3.63) is 0 Å². The van der Waals surface area contributed by atoms with Crippen LogP contribution in [0.1, 0.15) is 61.8 Å². The molecular weight excluding hydrogens is 417 g/mol. The fourth-order valence-corrected chi connectivity index (χ4v) is 3.76. The predicted molar refractivity (Wildman–Crippen MR) is 109 cm³/mol. The van der Waals surface area contributed by atoms with E-state index in [1.54, 1.807) is 55.4 Å². The molecule has 1 heterocycles. The number of ether oxygens (including phenoxy) is 2. The molecule has 0 aliphatic carbocycles. The summed E-state index contributed by atoms with van der Waals surface area (Å²) in [5.41, 5.74) is -2.12. The third-order valence-corrected chi connectivity index (χ3v) is 5.22. The first-order valence-corrected chi connectivity index (χ1v) is 11.2. The molecule has 10 nitrogen and oxygen atoms in total. The van der Waals surface area contributed by atoms with Crippen LogP contribution in [0, 0.1) is 10.8 Å². The summed E-state index contributed by atoms with van der Waals surface area (Å²) in [4.78, 5) is 46.6. The smallest absolute Gasteiger partial charge is 0.460 e. The summed E-state index contributed by atoms with van der Waals surface area (Å²) in [6.45, 7) is 13.2. The lowest BCUT2D eigenvalue weighted by Gasteiger charge is -2.36. The fraction of sp³-hybridized carbons (Fsp3) is 0.842. The zero-order chi connectivity index (χ0) is 23.4. The van der Waals surface area contributed by atoms with Crippen LogP contribution in [0.25, 0.3) is 0 Å². The van der Waals surface area contributed by atoms with Gasteiger partial charge in [-0.1, -0.05) is 13.8 Å². The Kier molecular flexibility index (Phi) is 8.79. The van der Waals surface area contributed by atoms with Crippen LogP contribution in [-0.2, 0) is 37.4 Å². The molecule has 0 saturated carbocycles. The van der Waals surface area contributed by atoms with Gasteiger partial charge in [0.2, 0.25) is 6.79 Å². The standard InChI is InChI=1S/C19H34NO9P/c1-17(2,3)16(23)25-12-27-30(24)26-11-19(7,8)14(29-30)15(22)20-10-9-13(21)28-18(4,5)6/h14,24H,9-12H2,1-8H3/p+1/t14-,30?/m0/s1. The molecule has 0 aromatic heterocycles. The average Bonchev–Trinajstić information content (AvgIpc) is 2.54. The first-order chi connectivity index (χ1) is 13.5. The fourth-order valence-electron chi connectivity index (χ4n) is 2.24. The highest BCUT2D eigenvalue weighted by Crippen LogP contribution is 2.63. The molecule has 0 aromatic carbocycles. The Morgan fingerprint density at radius 1 is 1.17 bits per heavy atom. The minimum Gasteiger partial charge on any atom is -0.460 e. The first-order valence-electron chi connectivity index (χ1n) is 9.71. The van der Waals surface area contributed by atoms with Crippen molar-refractivity contribution >= 4 is 26.0 Å². The van der Waals surface area contributed by atoms with Gasteiger partial charge in [0.25, 0.3) is 5.91 Å². The SMILES string of the molecule is CC(C)(C)OC(=O)CCNC(=O)[C@@H]1O[P+](O)(OCOC(=O)C(C)(C)C)OCC1(C)C. The maximum Gasteiger partial charge on any atom is 0.576 e. The van der Waals surface area contributed by atoms with Crippen molar-refractivity contribution in [2.45, 2.75) is 73.5 Å². The quantitative estimate of drug-likeness (QED) is 0.340. The summed E-state index contributed by atoms with van der Waals surface area (Å²) in [6.07, 6.45) is -1.10. The Morgan fingerprint density at radius 2 is 1.77 bits per heavy atom. The molecule has 1 aliphatic heterocycles.